The van der Waals surface area contributed by atoms with Crippen LogP contribution in [0.2, 0.25) is 0 Å². The molecule has 1 aliphatic heterocycles. The van der Waals surface area contributed by atoms with E-state index >= 15 is 0 Å². The van der Waals surface area contributed by atoms with Crippen LogP contribution < -0.4 is 10.1 Å². The van der Waals surface area contributed by atoms with Crippen LogP contribution >= 0.6 is 0 Å². The van der Waals surface area contributed by atoms with Gasteiger partial charge in [-0.3, -0.25) is 0 Å². The minimum absolute atomic E-state index is 0.0540. The van der Waals surface area contributed by atoms with Crippen LogP contribution in [-0.2, 0) is 6.18 Å². The van der Waals surface area contributed by atoms with Crippen LogP contribution in [0, 0.1) is 6.92 Å². The molecule has 1 aromatic rings. The van der Waals surface area contributed by atoms with E-state index in [2.05, 4.69) is 10.3 Å². The molecule has 1 aromatic heterocycles. The van der Waals surface area contributed by atoms with E-state index in [1.54, 1.807) is 0 Å². The topological polar surface area (TPSA) is 34.1 Å². The molecule has 0 saturated carbocycles. The zero-order valence-corrected chi connectivity index (χ0v) is 10.0. The van der Waals surface area contributed by atoms with Crippen molar-refractivity contribution < 1.29 is 17.9 Å². The SMILES string of the molecule is Cc1cc(C(F)(F)F)cc(OC2CCNCC2)n1. The van der Waals surface area contributed by atoms with Gasteiger partial charge in [0.1, 0.15) is 6.10 Å². The van der Waals surface area contributed by atoms with Crippen LogP contribution in [0.5, 0.6) is 5.88 Å². The summed E-state index contributed by atoms with van der Waals surface area (Å²) in [5.41, 5.74) is -0.396. The van der Waals surface area contributed by atoms with Crippen LogP contribution in [0.4, 0.5) is 13.2 Å². The summed E-state index contributed by atoms with van der Waals surface area (Å²) >= 11 is 0. The highest BCUT2D eigenvalue weighted by Gasteiger charge is 2.31. The Hall–Kier alpha value is -1.30. The van der Waals surface area contributed by atoms with Crippen molar-refractivity contribution in [3.63, 3.8) is 0 Å². The van der Waals surface area contributed by atoms with Crippen molar-refractivity contribution in [2.45, 2.75) is 32.0 Å². The first-order valence-electron chi connectivity index (χ1n) is 5.88. The van der Waals surface area contributed by atoms with Gasteiger partial charge in [0.25, 0.3) is 0 Å². The molecule has 18 heavy (non-hydrogen) atoms. The number of aryl methyl sites for hydroxylation is 1. The summed E-state index contributed by atoms with van der Waals surface area (Å²) in [6.45, 7) is 3.18. The third kappa shape index (κ3) is 3.35. The highest BCUT2D eigenvalue weighted by Crippen LogP contribution is 2.31. The van der Waals surface area contributed by atoms with E-state index in [0.29, 0.717) is 5.69 Å². The van der Waals surface area contributed by atoms with E-state index in [0.717, 1.165) is 38.1 Å². The summed E-state index contributed by atoms with van der Waals surface area (Å²) in [7, 11) is 0. The smallest absolute Gasteiger partial charge is 0.416 e. The van der Waals surface area contributed by atoms with Crippen LogP contribution in [0.1, 0.15) is 24.1 Å². The Morgan fingerprint density at radius 1 is 1.28 bits per heavy atom. The monoisotopic (exact) mass is 260 g/mol. The number of hydrogen-bond acceptors (Lipinski definition) is 3. The van der Waals surface area contributed by atoms with E-state index < -0.39 is 11.7 Å². The predicted molar refractivity (Wildman–Crippen MR) is 60.5 cm³/mol. The van der Waals surface area contributed by atoms with Crippen molar-refractivity contribution in [2.24, 2.45) is 0 Å². The van der Waals surface area contributed by atoms with Crippen LogP contribution in [-0.4, -0.2) is 24.2 Å². The predicted octanol–water partition coefficient (Wildman–Crippen LogP) is 2.54. The van der Waals surface area contributed by atoms with Gasteiger partial charge in [-0.15, -0.1) is 0 Å². The van der Waals surface area contributed by atoms with E-state index in [-0.39, 0.29) is 12.0 Å². The van der Waals surface area contributed by atoms with Crippen molar-refractivity contribution in [3.05, 3.63) is 23.4 Å². The molecule has 0 radical (unpaired) electrons. The molecule has 0 spiro atoms. The molecule has 100 valence electrons. The summed E-state index contributed by atoms with van der Waals surface area (Å²) in [5, 5.41) is 3.17. The fraction of sp³-hybridized carbons (Fsp3) is 0.583. The first-order chi connectivity index (χ1) is 8.45. The minimum Gasteiger partial charge on any atom is -0.474 e. The lowest BCUT2D eigenvalue weighted by molar-refractivity contribution is -0.137. The Kier molecular flexibility index (Phi) is 3.75. The van der Waals surface area contributed by atoms with Gasteiger partial charge in [0, 0.05) is 11.8 Å². The van der Waals surface area contributed by atoms with E-state index in [1.807, 2.05) is 0 Å². The number of halogens is 3. The summed E-state index contributed by atoms with van der Waals surface area (Å²) in [5.74, 6) is 0.0641. The van der Waals surface area contributed by atoms with Crippen molar-refractivity contribution in [3.8, 4) is 5.88 Å². The fourth-order valence-electron chi connectivity index (χ4n) is 1.95. The number of aromatic nitrogens is 1. The largest absolute Gasteiger partial charge is 0.474 e. The molecule has 1 aliphatic rings. The summed E-state index contributed by atoms with van der Waals surface area (Å²) in [6, 6.07) is 1.99. The van der Waals surface area contributed by atoms with Gasteiger partial charge < -0.3 is 10.1 Å². The molecule has 0 aliphatic carbocycles. The molecule has 0 aromatic carbocycles. The standard InChI is InChI=1S/C12H15F3N2O/c1-8-6-9(12(13,14)15)7-11(17-8)18-10-2-4-16-5-3-10/h6-7,10,16H,2-5H2,1H3. The Bertz CT molecular complexity index is 414. The number of rotatable bonds is 2. The van der Waals surface area contributed by atoms with Crippen LogP contribution in [0.3, 0.4) is 0 Å². The fourth-order valence-corrected chi connectivity index (χ4v) is 1.95. The van der Waals surface area contributed by atoms with Gasteiger partial charge in [-0.25, -0.2) is 4.98 Å². The highest BCUT2D eigenvalue weighted by atomic mass is 19.4. The second-order valence-corrected chi connectivity index (χ2v) is 4.40. The van der Waals surface area contributed by atoms with Gasteiger partial charge in [0.05, 0.1) is 5.56 Å². The Balaban J connectivity index is 2.14. The van der Waals surface area contributed by atoms with E-state index in [1.165, 1.54) is 6.92 Å². The molecule has 0 unspecified atom stereocenters. The van der Waals surface area contributed by atoms with Gasteiger partial charge in [-0.2, -0.15) is 13.2 Å². The van der Waals surface area contributed by atoms with E-state index in [4.69, 9.17) is 4.74 Å². The molecule has 3 nitrogen and oxygen atoms in total. The molecule has 0 atom stereocenters. The average Bonchev–Trinajstić information content (AvgIpc) is 2.28. The summed E-state index contributed by atoms with van der Waals surface area (Å²) in [6.07, 6.45) is -2.84. The molecule has 2 rings (SSSR count). The summed E-state index contributed by atoms with van der Waals surface area (Å²) in [4.78, 5) is 4.00. The number of alkyl halides is 3. The Morgan fingerprint density at radius 3 is 2.56 bits per heavy atom. The molecular formula is C12H15F3N2O. The molecule has 2 heterocycles. The number of pyridine rings is 1. The molecule has 1 saturated heterocycles. The maximum absolute atomic E-state index is 12.6. The second kappa shape index (κ2) is 5.14. The lowest BCUT2D eigenvalue weighted by Crippen LogP contribution is -2.34. The number of ether oxygens (including phenoxy) is 1. The number of nitrogens with zero attached hydrogens (tertiary/aromatic N) is 1. The molecule has 6 heteroatoms. The van der Waals surface area contributed by atoms with Crippen molar-refractivity contribution >= 4 is 0 Å². The quantitative estimate of drug-likeness (QED) is 0.887. The van der Waals surface area contributed by atoms with Crippen LogP contribution in [0.15, 0.2) is 12.1 Å². The third-order valence-corrected chi connectivity index (χ3v) is 2.83. The maximum Gasteiger partial charge on any atom is 0.416 e. The average molecular weight is 260 g/mol. The highest BCUT2D eigenvalue weighted by molar-refractivity contribution is 5.27. The van der Waals surface area contributed by atoms with Crippen molar-refractivity contribution in [1.82, 2.24) is 10.3 Å². The molecule has 1 N–H and O–H groups in total. The zero-order valence-electron chi connectivity index (χ0n) is 10.0. The zero-order chi connectivity index (χ0) is 13.2. The maximum atomic E-state index is 12.6. The summed E-state index contributed by atoms with van der Waals surface area (Å²) < 4.78 is 43.4. The lowest BCUT2D eigenvalue weighted by atomic mass is 10.1. The van der Waals surface area contributed by atoms with Crippen molar-refractivity contribution in [1.29, 1.82) is 0 Å². The van der Waals surface area contributed by atoms with Crippen LogP contribution in [0.25, 0.3) is 0 Å². The molecular weight excluding hydrogens is 245 g/mol. The van der Waals surface area contributed by atoms with Gasteiger partial charge in [-0.05, 0) is 38.9 Å². The molecule has 0 amide bonds. The lowest BCUT2D eigenvalue weighted by Gasteiger charge is -2.23. The first kappa shape index (κ1) is 13.1. The minimum atomic E-state index is -4.36. The van der Waals surface area contributed by atoms with Gasteiger partial charge in [0.15, 0.2) is 0 Å². The molecule has 0 bridgehead atoms. The second-order valence-electron chi connectivity index (χ2n) is 4.40. The van der Waals surface area contributed by atoms with E-state index in [9.17, 15) is 13.2 Å². The Labute approximate surface area is 103 Å². The molecule has 1 fully saturated rings. The van der Waals surface area contributed by atoms with Crippen molar-refractivity contribution in [2.75, 3.05) is 13.1 Å². The number of hydrogen-bond donors (Lipinski definition) is 1. The van der Waals surface area contributed by atoms with Gasteiger partial charge >= 0.3 is 6.18 Å². The number of nitrogens with one attached hydrogen (secondary N) is 1. The normalized spacial score (nSPS) is 17.8. The first-order valence-corrected chi connectivity index (χ1v) is 5.88. The van der Waals surface area contributed by atoms with Gasteiger partial charge in [-0.1, -0.05) is 0 Å². The Morgan fingerprint density at radius 2 is 1.94 bits per heavy atom. The number of piperidine rings is 1. The third-order valence-electron chi connectivity index (χ3n) is 2.83. The van der Waals surface area contributed by atoms with Gasteiger partial charge in [0.2, 0.25) is 5.88 Å².